The predicted molar refractivity (Wildman–Crippen MR) is 191 cm³/mol. The highest BCUT2D eigenvalue weighted by molar-refractivity contribution is 5.99. The third kappa shape index (κ3) is 8.39. The summed E-state index contributed by atoms with van der Waals surface area (Å²) in [5, 5.41) is 5.09. The first kappa shape index (κ1) is 36.0. The number of esters is 1. The molecule has 0 radical (unpaired) electrons. The van der Waals surface area contributed by atoms with E-state index in [1.165, 1.54) is 25.1 Å². The van der Waals surface area contributed by atoms with Gasteiger partial charge in [-0.2, -0.15) is 0 Å². The van der Waals surface area contributed by atoms with Gasteiger partial charge in [0.1, 0.15) is 30.8 Å². The molecule has 270 valence electrons. The van der Waals surface area contributed by atoms with Crippen LogP contribution >= 0.6 is 0 Å². The molecule has 1 saturated heterocycles. The molecule has 2 aliphatic heterocycles. The van der Waals surface area contributed by atoms with Gasteiger partial charge in [0.25, 0.3) is 5.91 Å². The number of likely N-dealkylation sites (N-methyl/N-ethyl adjacent to an activating group) is 2. The van der Waals surface area contributed by atoms with Crippen LogP contribution in [0.1, 0.15) is 40.7 Å². The first-order valence-corrected chi connectivity index (χ1v) is 17.3. The van der Waals surface area contributed by atoms with Gasteiger partial charge in [-0.05, 0) is 52.9 Å². The van der Waals surface area contributed by atoms with E-state index in [0.717, 1.165) is 38.9 Å². The summed E-state index contributed by atoms with van der Waals surface area (Å²) in [6.07, 6.45) is 0.231. The summed E-state index contributed by atoms with van der Waals surface area (Å²) in [6, 6.07) is 24.1. The zero-order chi connectivity index (χ0) is 36.8. The van der Waals surface area contributed by atoms with E-state index in [4.69, 9.17) is 9.47 Å². The quantitative estimate of drug-likeness (QED) is 0.299. The molecule has 2 heterocycles. The van der Waals surface area contributed by atoms with Gasteiger partial charge in [0.15, 0.2) is 0 Å². The molecule has 6 rings (SSSR count). The topological polar surface area (TPSA) is 126 Å². The van der Waals surface area contributed by atoms with Gasteiger partial charge >= 0.3 is 5.97 Å². The average Bonchev–Trinajstić information content (AvgIpc) is 3.55. The lowest BCUT2D eigenvalue weighted by Crippen LogP contribution is -2.46. The Bertz CT molecular complexity index is 1970. The normalized spacial score (nSPS) is 20.0. The number of amides is 4. The highest BCUT2D eigenvalue weighted by Gasteiger charge is 2.38. The summed E-state index contributed by atoms with van der Waals surface area (Å²) in [5.74, 6) is -3.02. The van der Waals surface area contributed by atoms with Gasteiger partial charge in [0, 0.05) is 33.1 Å². The Morgan fingerprint density at radius 1 is 0.923 bits per heavy atom. The maximum Gasteiger partial charge on any atom is 0.329 e. The fraction of sp³-hybridized carbons (Fsp3) is 0.325. The molecule has 0 aromatic heterocycles. The maximum atomic E-state index is 14.6. The Balaban J connectivity index is 1.21. The first-order valence-electron chi connectivity index (χ1n) is 17.3. The Hall–Kier alpha value is -5.78. The molecule has 52 heavy (non-hydrogen) atoms. The van der Waals surface area contributed by atoms with Crippen molar-refractivity contribution in [1.29, 1.82) is 0 Å². The third-order valence-corrected chi connectivity index (χ3v) is 9.65. The molecule has 2 aliphatic rings. The van der Waals surface area contributed by atoms with E-state index in [9.17, 15) is 28.4 Å². The molecule has 0 spiro atoms. The van der Waals surface area contributed by atoms with Crippen molar-refractivity contribution in [3.63, 3.8) is 0 Å². The highest BCUT2D eigenvalue weighted by Crippen LogP contribution is 2.27. The van der Waals surface area contributed by atoms with E-state index in [2.05, 4.69) is 5.32 Å². The summed E-state index contributed by atoms with van der Waals surface area (Å²) >= 11 is 0. The van der Waals surface area contributed by atoms with Crippen molar-refractivity contribution in [3.05, 3.63) is 114 Å². The molecule has 3 atom stereocenters. The van der Waals surface area contributed by atoms with Gasteiger partial charge in [-0.25, -0.2) is 9.18 Å². The molecule has 4 aromatic rings. The van der Waals surface area contributed by atoms with Crippen molar-refractivity contribution in [2.24, 2.45) is 0 Å². The highest BCUT2D eigenvalue weighted by atomic mass is 19.1. The second kappa shape index (κ2) is 16.1. The fourth-order valence-electron chi connectivity index (χ4n) is 6.82. The van der Waals surface area contributed by atoms with Crippen molar-refractivity contribution in [1.82, 2.24) is 20.0 Å². The summed E-state index contributed by atoms with van der Waals surface area (Å²) in [4.78, 5) is 71.6. The van der Waals surface area contributed by atoms with Crippen LogP contribution in [-0.2, 0) is 36.9 Å². The smallest absolute Gasteiger partial charge is 0.329 e. The van der Waals surface area contributed by atoms with Crippen LogP contribution in [-0.4, -0.2) is 96.2 Å². The Morgan fingerprint density at radius 3 is 2.48 bits per heavy atom. The molecule has 1 N–H and O–H groups in total. The molecule has 11 nitrogen and oxygen atoms in total. The molecule has 0 aliphatic carbocycles. The molecule has 12 heteroatoms. The number of hydrogen-bond acceptors (Lipinski definition) is 7. The number of carbonyl (C=O) groups excluding carboxylic acids is 5. The van der Waals surface area contributed by atoms with Crippen molar-refractivity contribution in [2.75, 3.05) is 33.8 Å². The Kier molecular flexibility index (Phi) is 11.1. The van der Waals surface area contributed by atoms with Crippen molar-refractivity contribution in [3.8, 4) is 5.75 Å². The standard InChI is InChI=1S/C40H41FN4O7/c1-43-23-38(48)45-22-30(42-36(46)19-28-13-8-12-27-11-6-7-14-32(27)28)21-31(45)25-51-35-17-15-29(41)20-33(35)39(49)44(2)34(16-18-37(43)47)40(50)52-24-26-9-4-3-5-10-26/h3-15,17,20,30-31,34H,16,18-19,21-25H2,1-2H3,(H,42,46)/t30-,31-,34-/m0/s1. The monoisotopic (exact) mass is 708 g/mol. The van der Waals surface area contributed by atoms with Crippen LogP contribution in [0.25, 0.3) is 10.8 Å². The van der Waals surface area contributed by atoms with Crippen molar-refractivity contribution in [2.45, 2.75) is 50.4 Å². The number of fused-ring (bicyclic) bond motifs is 3. The van der Waals surface area contributed by atoms with Crippen LogP contribution in [0.5, 0.6) is 5.75 Å². The largest absolute Gasteiger partial charge is 0.491 e. The maximum absolute atomic E-state index is 14.6. The molecule has 4 aromatic carbocycles. The van der Waals surface area contributed by atoms with Gasteiger partial charge in [-0.15, -0.1) is 0 Å². The van der Waals surface area contributed by atoms with Crippen LogP contribution in [0, 0.1) is 5.82 Å². The van der Waals surface area contributed by atoms with Crippen molar-refractivity contribution >= 4 is 40.4 Å². The number of nitrogens with one attached hydrogen (secondary N) is 1. The number of nitrogens with zero attached hydrogens (tertiary/aromatic N) is 3. The number of benzene rings is 4. The van der Waals surface area contributed by atoms with E-state index in [0.29, 0.717) is 6.42 Å². The Morgan fingerprint density at radius 2 is 1.67 bits per heavy atom. The first-order chi connectivity index (χ1) is 25.1. The van der Waals surface area contributed by atoms with E-state index < -0.39 is 41.7 Å². The molecular formula is C40H41FN4O7. The lowest BCUT2D eigenvalue weighted by molar-refractivity contribution is -0.150. The summed E-state index contributed by atoms with van der Waals surface area (Å²) < 4.78 is 26.3. The molecular weight excluding hydrogens is 667 g/mol. The lowest BCUT2D eigenvalue weighted by atomic mass is 10.0. The van der Waals surface area contributed by atoms with Gasteiger partial charge in [-0.1, -0.05) is 72.8 Å². The van der Waals surface area contributed by atoms with Crippen LogP contribution in [0.2, 0.25) is 0 Å². The summed E-state index contributed by atoms with van der Waals surface area (Å²) in [7, 11) is 2.89. The van der Waals surface area contributed by atoms with E-state index in [1.54, 1.807) is 29.2 Å². The molecule has 1 fully saturated rings. The average molecular weight is 709 g/mol. The predicted octanol–water partition coefficient (Wildman–Crippen LogP) is 4.12. The van der Waals surface area contributed by atoms with Gasteiger partial charge in [0.05, 0.1) is 24.6 Å². The van der Waals surface area contributed by atoms with Crippen LogP contribution < -0.4 is 10.1 Å². The van der Waals surface area contributed by atoms with Gasteiger partial charge in [-0.3, -0.25) is 19.2 Å². The number of hydrogen-bond donors (Lipinski definition) is 1. The second-order valence-electron chi connectivity index (χ2n) is 13.3. The van der Waals surface area contributed by atoms with Gasteiger partial charge < -0.3 is 29.5 Å². The zero-order valence-corrected chi connectivity index (χ0v) is 29.1. The SMILES string of the molecule is CN1CC(=O)N2C[C@@H](NC(=O)Cc3cccc4ccccc34)C[C@H]2COc2ccc(F)cc2C(=O)N(C)[C@H](C(=O)OCc2ccccc2)CCC1=O. The minimum Gasteiger partial charge on any atom is -0.491 e. The minimum atomic E-state index is -1.19. The van der Waals surface area contributed by atoms with Crippen LogP contribution in [0.15, 0.2) is 91.0 Å². The Labute approximate surface area is 301 Å². The zero-order valence-electron chi connectivity index (χ0n) is 29.1. The summed E-state index contributed by atoms with van der Waals surface area (Å²) in [6.45, 7) is -0.177. The number of carbonyl (C=O) groups is 5. The number of ether oxygens (including phenoxy) is 2. The summed E-state index contributed by atoms with van der Waals surface area (Å²) in [5.41, 5.74) is 1.50. The lowest BCUT2D eigenvalue weighted by Gasteiger charge is -2.28. The van der Waals surface area contributed by atoms with Crippen LogP contribution in [0.4, 0.5) is 4.39 Å². The molecule has 0 bridgehead atoms. The van der Waals surface area contributed by atoms with Gasteiger partial charge in [0.2, 0.25) is 17.7 Å². The van der Waals surface area contributed by atoms with E-state index in [1.807, 2.05) is 48.5 Å². The number of halogens is 1. The minimum absolute atomic E-state index is 0.0449. The second-order valence-corrected chi connectivity index (χ2v) is 13.3. The third-order valence-electron chi connectivity index (χ3n) is 9.65. The number of rotatable bonds is 6. The molecule has 0 unspecified atom stereocenters. The van der Waals surface area contributed by atoms with E-state index >= 15 is 0 Å². The van der Waals surface area contributed by atoms with E-state index in [-0.39, 0.29) is 68.7 Å². The molecule has 0 saturated carbocycles. The molecule has 4 amide bonds. The van der Waals surface area contributed by atoms with Crippen molar-refractivity contribution < 1.29 is 37.8 Å². The fourth-order valence-corrected chi connectivity index (χ4v) is 6.82. The van der Waals surface area contributed by atoms with Crippen LogP contribution in [0.3, 0.4) is 0 Å².